The highest BCUT2D eigenvalue weighted by Gasteiger charge is 2.53. The fourth-order valence-corrected chi connectivity index (χ4v) is 4.53. The van der Waals surface area contributed by atoms with E-state index in [1.54, 1.807) is 27.7 Å². The van der Waals surface area contributed by atoms with Crippen LogP contribution in [0, 0.1) is 5.92 Å². The zero-order chi connectivity index (χ0) is 32.7. The number of nitrogens with one attached hydrogen (secondary N) is 1. The van der Waals surface area contributed by atoms with Crippen LogP contribution in [0.25, 0.3) is 0 Å². The molecule has 1 aliphatic heterocycles. The molecule has 2 atom stereocenters. The Morgan fingerprint density at radius 1 is 0.975 bits per heavy atom. The van der Waals surface area contributed by atoms with Gasteiger partial charge >= 0.3 is 37.4 Å². The van der Waals surface area contributed by atoms with Gasteiger partial charge in [-0.1, -0.05) is 6.42 Å². The van der Waals surface area contributed by atoms with Gasteiger partial charge in [-0.15, -0.1) is 0 Å². The van der Waals surface area contributed by atoms with Crippen LogP contribution in [0.4, 0.5) is 26.3 Å². The third kappa shape index (κ3) is 13.0. The Hall–Kier alpha value is -2.24. The van der Waals surface area contributed by atoms with Gasteiger partial charge in [-0.3, -0.25) is 4.79 Å². The number of nitrogens with two attached hydrogens (primary N) is 2. The maximum absolute atomic E-state index is 12.8. The van der Waals surface area contributed by atoms with E-state index in [0.29, 0.717) is 6.42 Å². The Labute approximate surface area is 225 Å². The zero-order valence-corrected chi connectivity index (χ0v) is 22.6. The molecule has 1 aliphatic rings. The molecule has 1 saturated heterocycles. The molecular formula is C18H33BF6N4O10S. The standard InChI is InChI=1S/C14H31BN4O6S.2C2HF3O2/c1-12(2,16)13(3,4)18-26(24,25)19-8-10(6-5-7-15(22)23)14(17,9-19)11(20)21;2*3-2(4,5)1(6)7/h10,18,22-23H,5-9,16-17H2,1-4H3,(H,20,21);2*(H,6,7)/t10-,14-;;/m0../s1. The molecule has 0 saturated carbocycles. The van der Waals surface area contributed by atoms with Gasteiger partial charge in [-0.25, -0.2) is 9.59 Å². The van der Waals surface area contributed by atoms with Crippen LogP contribution in [0.5, 0.6) is 0 Å². The summed E-state index contributed by atoms with van der Waals surface area (Å²) in [5, 5.41) is 41.6. The molecule has 0 bridgehead atoms. The van der Waals surface area contributed by atoms with E-state index in [2.05, 4.69) is 4.72 Å². The van der Waals surface area contributed by atoms with Crippen molar-refractivity contribution < 1.29 is 74.5 Å². The molecule has 0 aliphatic carbocycles. The molecule has 236 valence electrons. The second-order valence-electron chi connectivity index (χ2n) is 9.81. The highest BCUT2D eigenvalue weighted by atomic mass is 32.2. The summed E-state index contributed by atoms with van der Waals surface area (Å²) >= 11 is 0. The molecule has 10 N–H and O–H groups in total. The number of hydrogen-bond acceptors (Lipinski definition) is 9. The van der Waals surface area contributed by atoms with Gasteiger partial charge in [0.2, 0.25) is 0 Å². The molecule has 22 heteroatoms. The molecule has 0 spiro atoms. The molecule has 0 aromatic heterocycles. The highest BCUT2D eigenvalue weighted by molar-refractivity contribution is 7.87. The molecule has 1 rings (SSSR count). The number of nitrogens with zero attached hydrogens (tertiary/aromatic N) is 1. The molecule has 14 nitrogen and oxygen atoms in total. The van der Waals surface area contributed by atoms with Gasteiger partial charge in [0.1, 0.15) is 5.54 Å². The Balaban J connectivity index is 0. The van der Waals surface area contributed by atoms with Crippen molar-refractivity contribution in [3.63, 3.8) is 0 Å². The lowest BCUT2D eigenvalue weighted by molar-refractivity contribution is -0.193. The summed E-state index contributed by atoms with van der Waals surface area (Å²) in [6.45, 7) is 6.23. The first-order valence-corrected chi connectivity index (χ1v) is 12.4. The Bertz CT molecular complexity index is 965. The number of carboxylic acids is 3. The van der Waals surface area contributed by atoms with Gasteiger partial charge in [0, 0.05) is 30.1 Å². The number of carboxylic acid groups (broad SMARTS) is 3. The lowest BCUT2D eigenvalue weighted by Gasteiger charge is -2.39. The van der Waals surface area contributed by atoms with Crippen LogP contribution in [0.15, 0.2) is 0 Å². The van der Waals surface area contributed by atoms with E-state index in [1.807, 2.05) is 0 Å². The molecule has 0 aromatic carbocycles. The third-order valence-corrected chi connectivity index (χ3v) is 7.55. The highest BCUT2D eigenvalue weighted by Crippen LogP contribution is 2.32. The van der Waals surface area contributed by atoms with Crippen molar-refractivity contribution in [2.24, 2.45) is 17.4 Å². The van der Waals surface area contributed by atoms with Crippen LogP contribution in [0.1, 0.15) is 40.5 Å². The number of aliphatic carboxylic acids is 3. The van der Waals surface area contributed by atoms with Gasteiger partial charge in [0.25, 0.3) is 10.2 Å². The molecular weight excluding hydrogens is 589 g/mol. The monoisotopic (exact) mass is 622 g/mol. The van der Waals surface area contributed by atoms with E-state index in [-0.39, 0.29) is 25.8 Å². The normalized spacial score (nSPS) is 20.5. The summed E-state index contributed by atoms with van der Waals surface area (Å²) in [5.74, 6) is -7.45. The molecule has 40 heavy (non-hydrogen) atoms. The number of alkyl halides is 6. The van der Waals surface area contributed by atoms with Crippen LogP contribution < -0.4 is 16.2 Å². The fraction of sp³-hybridized carbons (Fsp3) is 0.833. The molecule has 0 amide bonds. The van der Waals surface area contributed by atoms with Crippen molar-refractivity contribution >= 4 is 35.2 Å². The summed E-state index contributed by atoms with van der Waals surface area (Å²) in [4.78, 5) is 29.5. The minimum atomic E-state index is -5.08. The Morgan fingerprint density at radius 2 is 1.35 bits per heavy atom. The maximum atomic E-state index is 12.8. The van der Waals surface area contributed by atoms with E-state index < -0.39 is 70.1 Å². The molecule has 0 radical (unpaired) electrons. The number of rotatable bonds is 9. The second kappa shape index (κ2) is 14.1. The molecule has 1 heterocycles. The summed E-state index contributed by atoms with van der Waals surface area (Å²) in [6.07, 6.45) is -9.53. The lowest BCUT2D eigenvalue weighted by atomic mass is 9.78. The topological polar surface area (TPSA) is 254 Å². The largest absolute Gasteiger partial charge is 0.490 e. The quantitative estimate of drug-likeness (QED) is 0.120. The predicted octanol–water partition coefficient (Wildman–Crippen LogP) is -0.430. The van der Waals surface area contributed by atoms with Crippen LogP contribution in [0.2, 0.25) is 6.32 Å². The average molecular weight is 622 g/mol. The second-order valence-corrected chi connectivity index (χ2v) is 11.5. The molecule has 1 fully saturated rings. The van der Waals surface area contributed by atoms with E-state index in [1.165, 1.54) is 0 Å². The van der Waals surface area contributed by atoms with Crippen molar-refractivity contribution in [2.75, 3.05) is 13.1 Å². The number of carbonyl (C=O) groups is 3. The minimum Gasteiger partial charge on any atom is -0.480 e. The summed E-state index contributed by atoms with van der Waals surface area (Å²) < 4.78 is 92.6. The maximum Gasteiger partial charge on any atom is 0.490 e. The van der Waals surface area contributed by atoms with Gasteiger partial charge in [0.05, 0.1) is 0 Å². The summed E-state index contributed by atoms with van der Waals surface area (Å²) in [7, 11) is -5.52. The van der Waals surface area contributed by atoms with Crippen molar-refractivity contribution in [3.8, 4) is 0 Å². The van der Waals surface area contributed by atoms with Crippen molar-refractivity contribution in [2.45, 2.75) is 75.8 Å². The summed E-state index contributed by atoms with van der Waals surface area (Å²) in [6, 6.07) is 0. The first-order chi connectivity index (χ1) is 17.4. The first kappa shape index (κ1) is 39.9. The SMILES string of the molecule is CC(C)(N)C(C)(C)NS(=O)(=O)N1C[C@H](CCCB(O)O)[C@](N)(C(=O)O)C1.O=C(O)C(F)(F)F.O=C(O)C(F)(F)F. The smallest absolute Gasteiger partial charge is 0.480 e. The Morgan fingerprint density at radius 3 is 1.62 bits per heavy atom. The van der Waals surface area contributed by atoms with Gasteiger partial charge in [-0.2, -0.15) is 43.8 Å². The summed E-state index contributed by atoms with van der Waals surface area (Å²) in [5.41, 5.74) is 8.47. The fourth-order valence-electron chi connectivity index (χ4n) is 2.73. The van der Waals surface area contributed by atoms with Gasteiger partial charge in [-0.05, 0) is 40.4 Å². The molecule has 0 unspecified atom stereocenters. The molecule has 0 aromatic rings. The van der Waals surface area contributed by atoms with E-state index >= 15 is 0 Å². The van der Waals surface area contributed by atoms with Crippen molar-refractivity contribution in [3.05, 3.63) is 0 Å². The average Bonchev–Trinajstić information content (AvgIpc) is 3.04. The Kier molecular flexibility index (Phi) is 14.1. The van der Waals surface area contributed by atoms with Gasteiger partial charge in [0.15, 0.2) is 0 Å². The van der Waals surface area contributed by atoms with E-state index in [9.17, 15) is 44.7 Å². The van der Waals surface area contributed by atoms with Crippen LogP contribution in [-0.4, -0.2) is 105 Å². The van der Waals surface area contributed by atoms with Crippen LogP contribution in [-0.2, 0) is 24.6 Å². The van der Waals surface area contributed by atoms with E-state index in [4.69, 9.17) is 41.3 Å². The van der Waals surface area contributed by atoms with Crippen molar-refractivity contribution in [1.29, 1.82) is 0 Å². The number of hydrogen-bond donors (Lipinski definition) is 8. The van der Waals surface area contributed by atoms with Gasteiger partial charge < -0.3 is 36.8 Å². The predicted molar refractivity (Wildman–Crippen MR) is 126 cm³/mol. The zero-order valence-electron chi connectivity index (χ0n) is 21.7. The van der Waals surface area contributed by atoms with E-state index in [0.717, 1.165) is 4.31 Å². The third-order valence-electron chi connectivity index (χ3n) is 5.82. The lowest BCUT2D eigenvalue weighted by Crippen LogP contribution is -2.64. The van der Waals surface area contributed by atoms with Crippen LogP contribution in [0.3, 0.4) is 0 Å². The number of halogens is 6. The van der Waals surface area contributed by atoms with Crippen LogP contribution >= 0.6 is 0 Å². The van der Waals surface area contributed by atoms with Crippen molar-refractivity contribution in [1.82, 2.24) is 9.03 Å². The minimum absolute atomic E-state index is 0.0611. The first-order valence-electron chi connectivity index (χ1n) is 11.0.